The maximum Gasteiger partial charge on any atom is 0.271 e. The Hall–Kier alpha value is -3.84. The van der Waals surface area contributed by atoms with E-state index in [4.69, 9.17) is 9.47 Å². The highest BCUT2D eigenvalue weighted by atomic mass is 16.5. The van der Waals surface area contributed by atoms with Crippen LogP contribution in [-0.4, -0.2) is 56.9 Å². The molecule has 0 unspecified atom stereocenters. The van der Waals surface area contributed by atoms with Crippen molar-refractivity contribution in [1.29, 1.82) is 0 Å². The summed E-state index contributed by atoms with van der Waals surface area (Å²) in [7, 11) is 1.72. The Balaban J connectivity index is 1.23. The number of benzene rings is 3. The van der Waals surface area contributed by atoms with Gasteiger partial charge < -0.3 is 14.4 Å². The van der Waals surface area contributed by atoms with E-state index in [1.807, 2.05) is 66.7 Å². The van der Waals surface area contributed by atoms with Crippen LogP contribution in [0.1, 0.15) is 34.8 Å². The number of hydrazone groups is 1. The highest BCUT2D eigenvalue weighted by Gasteiger charge is 2.19. The summed E-state index contributed by atoms with van der Waals surface area (Å²) in [5, 5.41) is 4.08. The van der Waals surface area contributed by atoms with Gasteiger partial charge in [0.15, 0.2) is 0 Å². The summed E-state index contributed by atoms with van der Waals surface area (Å²) in [5.41, 5.74) is 6.41. The van der Waals surface area contributed by atoms with Gasteiger partial charge >= 0.3 is 0 Å². The zero-order chi connectivity index (χ0) is 25.2. The smallest absolute Gasteiger partial charge is 0.271 e. The molecule has 7 heteroatoms. The van der Waals surface area contributed by atoms with Crippen molar-refractivity contribution >= 4 is 17.8 Å². The second-order valence-corrected chi connectivity index (χ2v) is 8.75. The van der Waals surface area contributed by atoms with Gasteiger partial charge in [-0.1, -0.05) is 31.2 Å². The molecule has 3 aromatic carbocycles. The number of anilines is 1. The minimum absolute atomic E-state index is 0.230. The molecule has 0 saturated carbocycles. The number of methoxy groups -OCH3 is 1. The molecule has 1 aliphatic heterocycles. The first-order valence-electron chi connectivity index (χ1n) is 12.4. The number of hydrogen-bond donors (Lipinski definition) is 1. The number of carbonyl (C=O) groups excluding carboxylic acids is 1. The van der Waals surface area contributed by atoms with Gasteiger partial charge in [-0.3, -0.25) is 9.69 Å². The Morgan fingerprint density at radius 3 is 2.39 bits per heavy atom. The second-order valence-electron chi connectivity index (χ2n) is 8.75. The maximum absolute atomic E-state index is 12.5. The molecule has 0 bridgehead atoms. The van der Waals surface area contributed by atoms with Gasteiger partial charge in [-0.25, -0.2) is 5.43 Å². The minimum atomic E-state index is -0.230. The van der Waals surface area contributed by atoms with Crippen LogP contribution in [-0.2, 0) is 6.54 Å². The van der Waals surface area contributed by atoms with Crippen molar-refractivity contribution in [2.45, 2.75) is 19.9 Å². The highest BCUT2D eigenvalue weighted by molar-refractivity contribution is 5.94. The van der Waals surface area contributed by atoms with Gasteiger partial charge in [0.05, 0.1) is 25.6 Å². The van der Waals surface area contributed by atoms with Crippen LogP contribution < -0.4 is 19.8 Å². The standard InChI is InChI=1S/C29H34N4O3/c1-3-20-36-26-14-10-23(11-15-26)21-30-31-29(34)25-12-8-24(9-13-25)22-32-16-18-33(19-17-32)27-6-4-5-7-28(27)35-2/h4-15,21H,3,16-20,22H2,1-2H3,(H,31,34)/b30-21-. The molecule has 4 rings (SSSR count). The third-order valence-corrected chi connectivity index (χ3v) is 6.15. The monoisotopic (exact) mass is 486 g/mol. The van der Waals surface area contributed by atoms with Crippen molar-refractivity contribution in [2.24, 2.45) is 5.10 Å². The van der Waals surface area contributed by atoms with E-state index in [2.05, 4.69) is 33.3 Å². The fourth-order valence-electron chi connectivity index (χ4n) is 4.16. The fraction of sp³-hybridized carbons (Fsp3) is 0.310. The van der Waals surface area contributed by atoms with E-state index < -0.39 is 0 Å². The van der Waals surface area contributed by atoms with Crippen LogP contribution in [0.5, 0.6) is 11.5 Å². The number of para-hydroxylation sites is 2. The minimum Gasteiger partial charge on any atom is -0.495 e. The number of ether oxygens (including phenoxy) is 2. The van der Waals surface area contributed by atoms with Gasteiger partial charge in [-0.05, 0) is 66.1 Å². The lowest BCUT2D eigenvalue weighted by Gasteiger charge is -2.36. The van der Waals surface area contributed by atoms with Gasteiger partial charge in [-0.15, -0.1) is 0 Å². The van der Waals surface area contributed by atoms with E-state index in [-0.39, 0.29) is 5.91 Å². The largest absolute Gasteiger partial charge is 0.495 e. The van der Waals surface area contributed by atoms with Crippen molar-refractivity contribution in [3.05, 3.63) is 89.5 Å². The van der Waals surface area contributed by atoms with Crippen molar-refractivity contribution < 1.29 is 14.3 Å². The molecular formula is C29H34N4O3. The fourth-order valence-corrected chi connectivity index (χ4v) is 4.16. The molecule has 1 saturated heterocycles. The predicted octanol–water partition coefficient (Wildman–Crippen LogP) is 4.57. The SMILES string of the molecule is CCCOc1ccc(/C=N\NC(=O)c2ccc(CN3CCN(c4ccccc4OC)CC3)cc2)cc1. The average Bonchev–Trinajstić information content (AvgIpc) is 2.93. The molecule has 3 aromatic rings. The third kappa shape index (κ3) is 6.86. The van der Waals surface area contributed by atoms with Gasteiger partial charge in [0, 0.05) is 38.3 Å². The Kier molecular flexibility index (Phi) is 8.94. The van der Waals surface area contributed by atoms with Crippen LogP contribution in [0.2, 0.25) is 0 Å². The summed E-state index contributed by atoms with van der Waals surface area (Å²) in [4.78, 5) is 17.3. The lowest BCUT2D eigenvalue weighted by Crippen LogP contribution is -2.46. The average molecular weight is 487 g/mol. The van der Waals surface area contributed by atoms with Crippen LogP contribution in [0.15, 0.2) is 77.9 Å². The second kappa shape index (κ2) is 12.7. The Labute approximate surface area is 213 Å². The van der Waals surface area contributed by atoms with E-state index in [0.29, 0.717) is 12.2 Å². The lowest BCUT2D eigenvalue weighted by molar-refractivity contribution is 0.0955. The molecule has 1 aliphatic rings. The molecule has 1 amide bonds. The summed E-state index contributed by atoms with van der Waals surface area (Å²) in [6.07, 6.45) is 2.60. The summed E-state index contributed by atoms with van der Waals surface area (Å²) >= 11 is 0. The van der Waals surface area contributed by atoms with E-state index in [9.17, 15) is 4.79 Å². The quantitative estimate of drug-likeness (QED) is 0.336. The molecule has 36 heavy (non-hydrogen) atoms. The predicted molar refractivity (Wildman–Crippen MR) is 144 cm³/mol. The zero-order valence-corrected chi connectivity index (χ0v) is 21.0. The first kappa shape index (κ1) is 25.3. The number of amides is 1. The summed E-state index contributed by atoms with van der Waals surface area (Å²) < 4.78 is 11.1. The van der Waals surface area contributed by atoms with Gasteiger partial charge in [0.2, 0.25) is 0 Å². The molecular weight excluding hydrogens is 452 g/mol. The molecule has 1 fully saturated rings. The van der Waals surface area contributed by atoms with E-state index in [0.717, 1.165) is 61.9 Å². The zero-order valence-electron chi connectivity index (χ0n) is 21.0. The number of hydrogen-bond acceptors (Lipinski definition) is 6. The first-order valence-corrected chi connectivity index (χ1v) is 12.4. The number of nitrogens with one attached hydrogen (secondary N) is 1. The van der Waals surface area contributed by atoms with Crippen LogP contribution in [0.4, 0.5) is 5.69 Å². The molecule has 7 nitrogen and oxygen atoms in total. The summed E-state index contributed by atoms with van der Waals surface area (Å²) in [6, 6.07) is 23.5. The Morgan fingerprint density at radius 1 is 0.972 bits per heavy atom. The van der Waals surface area contributed by atoms with Gasteiger partial charge in [0.1, 0.15) is 11.5 Å². The van der Waals surface area contributed by atoms with Crippen molar-refractivity contribution in [1.82, 2.24) is 10.3 Å². The topological polar surface area (TPSA) is 66.4 Å². The molecule has 0 spiro atoms. The summed E-state index contributed by atoms with van der Waals surface area (Å²) in [6.45, 7) is 7.48. The van der Waals surface area contributed by atoms with Gasteiger partial charge in [-0.2, -0.15) is 5.10 Å². The first-order chi connectivity index (χ1) is 17.7. The maximum atomic E-state index is 12.5. The number of piperazine rings is 1. The molecule has 0 aliphatic carbocycles. The van der Waals surface area contributed by atoms with Crippen molar-refractivity contribution in [3.63, 3.8) is 0 Å². The third-order valence-electron chi connectivity index (χ3n) is 6.15. The van der Waals surface area contributed by atoms with Crippen molar-refractivity contribution in [3.8, 4) is 11.5 Å². The molecule has 0 atom stereocenters. The highest BCUT2D eigenvalue weighted by Crippen LogP contribution is 2.28. The van der Waals surface area contributed by atoms with E-state index in [1.54, 1.807) is 13.3 Å². The van der Waals surface area contributed by atoms with Crippen LogP contribution >= 0.6 is 0 Å². The van der Waals surface area contributed by atoms with Crippen molar-refractivity contribution in [2.75, 3.05) is 44.8 Å². The molecule has 188 valence electrons. The lowest BCUT2D eigenvalue weighted by atomic mass is 10.1. The number of carbonyl (C=O) groups is 1. The Bertz CT molecular complexity index is 1140. The Morgan fingerprint density at radius 2 is 1.69 bits per heavy atom. The summed E-state index contributed by atoms with van der Waals surface area (Å²) in [5.74, 6) is 1.52. The van der Waals surface area contributed by atoms with Crippen LogP contribution in [0.3, 0.4) is 0 Å². The van der Waals surface area contributed by atoms with E-state index in [1.165, 1.54) is 5.56 Å². The molecule has 1 heterocycles. The van der Waals surface area contributed by atoms with Crippen LogP contribution in [0.25, 0.3) is 0 Å². The normalized spacial score (nSPS) is 14.1. The molecule has 0 aromatic heterocycles. The number of rotatable bonds is 10. The van der Waals surface area contributed by atoms with Gasteiger partial charge in [0.25, 0.3) is 5.91 Å². The van der Waals surface area contributed by atoms with E-state index >= 15 is 0 Å². The molecule has 1 N–H and O–H groups in total. The van der Waals surface area contributed by atoms with Crippen LogP contribution in [0, 0.1) is 0 Å². The molecule has 0 radical (unpaired) electrons. The number of nitrogens with zero attached hydrogens (tertiary/aromatic N) is 3.